The number of nitrogens with zero attached hydrogens (tertiary/aromatic N) is 2. The van der Waals surface area contributed by atoms with Crippen LogP contribution >= 0.6 is 0 Å². The number of aromatic nitrogens is 1. The molecule has 2 N–H and O–H groups in total. The molecular weight excluding hydrogens is 276 g/mol. The molecule has 2 atom stereocenters. The quantitative estimate of drug-likeness (QED) is 0.888. The molecule has 2 aliphatic rings. The molecule has 22 heavy (non-hydrogen) atoms. The van der Waals surface area contributed by atoms with Gasteiger partial charge in [0.05, 0.1) is 17.7 Å². The Morgan fingerprint density at radius 2 is 2.32 bits per heavy atom. The van der Waals surface area contributed by atoms with Gasteiger partial charge in [0.25, 0.3) is 0 Å². The first-order valence-electron chi connectivity index (χ1n) is 8.26. The summed E-state index contributed by atoms with van der Waals surface area (Å²) >= 11 is 0. The summed E-state index contributed by atoms with van der Waals surface area (Å²) in [5, 5.41) is 6.66. The van der Waals surface area contributed by atoms with Crippen LogP contribution in [-0.2, 0) is 11.3 Å². The van der Waals surface area contributed by atoms with Gasteiger partial charge in [-0.15, -0.1) is 0 Å². The maximum absolute atomic E-state index is 12.8. The van der Waals surface area contributed by atoms with E-state index in [1.54, 1.807) is 6.20 Å². The van der Waals surface area contributed by atoms with Crippen molar-refractivity contribution in [3.05, 3.63) is 24.0 Å². The minimum atomic E-state index is -0.183. The molecule has 2 fully saturated rings. The fourth-order valence-electron chi connectivity index (χ4n) is 3.88. The van der Waals surface area contributed by atoms with Crippen LogP contribution in [0.5, 0.6) is 0 Å². The van der Waals surface area contributed by atoms with Crippen molar-refractivity contribution in [2.24, 2.45) is 5.41 Å². The lowest BCUT2D eigenvalue weighted by atomic mass is 9.70. The first-order valence-corrected chi connectivity index (χ1v) is 8.26. The van der Waals surface area contributed by atoms with Crippen molar-refractivity contribution >= 4 is 11.6 Å². The second-order valence-electron chi connectivity index (χ2n) is 6.74. The number of hydrogen-bond donors (Lipinski definition) is 2. The van der Waals surface area contributed by atoms with E-state index in [1.807, 2.05) is 31.1 Å². The second-order valence-corrected chi connectivity index (χ2v) is 6.74. The molecule has 1 aliphatic heterocycles. The number of carbonyl (C=O) groups is 1. The molecule has 0 unspecified atom stereocenters. The van der Waals surface area contributed by atoms with Crippen LogP contribution in [0.1, 0.15) is 37.8 Å². The zero-order valence-electron chi connectivity index (χ0n) is 13.6. The smallest absolute Gasteiger partial charge is 0.228 e. The van der Waals surface area contributed by atoms with Crippen LogP contribution in [-0.4, -0.2) is 37.6 Å². The predicted octanol–water partition coefficient (Wildman–Crippen LogP) is 1.69. The molecule has 0 aromatic carbocycles. The van der Waals surface area contributed by atoms with Crippen molar-refractivity contribution in [3.63, 3.8) is 0 Å². The Morgan fingerprint density at radius 1 is 1.45 bits per heavy atom. The van der Waals surface area contributed by atoms with Crippen molar-refractivity contribution < 1.29 is 4.79 Å². The highest BCUT2D eigenvalue weighted by Crippen LogP contribution is 2.42. The summed E-state index contributed by atoms with van der Waals surface area (Å²) in [5.74, 6) is 0.208. The molecule has 1 amide bonds. The van der Waals surface area contributed by atoms with Crippen molar-refractivity contribution in [3.8, 4) is 0 Å². The first-order chi connectivity index (χ1) is 10.6. The maximum atomic E-state index is 12.8. The van der Waals surface area contributed by atoms with Crippen molar-refractivity contribution in [2.75, 3.05) is 25.5 Å². The Morgan fingerprint density at radius 3 is 3.14 bits per heavy atom. The minimum Gasteiger partial charge on any atom is -0.378 e. The molecule has 3 rings (SSSR count). The van der Waals surface area contributed by atoms with E-state index in [0.717, 1.165) is 37.2 Å². The van der Waals surface area contributed by atoms with E-state index in [9.17, 15) is 4.79 Å². The summed E-state index contributed by atoms with van der Waals surface area (Å²) in [4.78, 5) is 19.2. The van der Waals surface area contributed by atoms with Gasteiger partial charge < -0.3 is 15.5 Å². The number of hydrogen-bond acceptors (Lipinski definition) is 4. The van der Waals surface area contributed by atoms with Crippen LogP contribution in [0.3, 0.4) is 0 Å². The van der Waals surface area contributed by atoms with Crippen LogP contribution in [0.4, 0.5) is 5.69 Å². The van der Waals surface area contributed by atoms with Gasteiger partial charge in [-0.1, -0.05) is 12.8 Å². The van der Waals surface area contributed by atoms with Crippen LogP contribution in [0, 0.1) is 5.41 Å². The van der Waals surface area contributed by atoms with Gasteiger partial charge in [0, 0.05) is 32.0 Å². The third-order valence-electron chi connectivity index (χ3n) is 5.19. The summed E-state index contributed by atoms with van der Waals surface area (Å²) in [7, 11) is 4.01. The van der Waals surface area contributed by atoms with Crippen molar-refractivity contribution in [1.82, 2.24) is 15.6 Å². The fraction of sp³-hybridized carbons (Fsp3) is 0.647. The van der Waals surface area contributed by atoms with Gasteiger partial charge in [-0.25, -0.2) is 0 Å². The number of amides is 1. The van der Waals surface area contributed by atoms with Gasteiger partial charge in [0.15, 0.2) is 0 Å². The Bertz CT molecular complexity index is 545. The molecule has 1 aromatic heterocycles. The molecule has 1 saturated carbocycles. The van der Waals surface area contributed by atoms with Crippen LogP contribution in [0.15, 0.2) is 18.3 Å². The van der Waals surface area contributed by atoms with E-state index in [2.05, 4.69) is 15.6 Å². The van der Waals surface area contributed by atoms with E-state index in [4.69, 9.17) is 0 Å². The van der Waals surface area contributed by atoms with E-state index in [-0.39, 0.29) is 11.3 Å². The molecular formula is C17H26N4O. The van der Waals surface area contributed by atoms with Gasteiger partial charge in [-0.3, -0.25) is 9.78 Å². The SMILES string of the molecule is CN(C)c1ccnc(CNC(=O)[C@@]23CCCC[C@@H]2NCC3)c1. The molecule has 1 saturated heterocycles. The lowest BCUT2D eigenvalue weighted by Gasteiger charge is -2.37. The molecule has 0 bridgehead atoms. The largest absolute Gasteiger partial charge is 0.378 e. The number of nitrogens with one attached hydrogen (secondary N) is 2. The van der Waals surface area contributed by atoms with Crippen LogP contribution in [0.25, 0.3) is 0 Å². The molecule has 0 spiro atoms. The Balaban J connectivity index is 1.66. The number of anilines is 1. The highest BCUT2D eigenvalue weighted by Gasteiger charge is 2.49. The van der Waals surface area contributed by atoms with Crippen molar-refractivity contribution in [2.45, 2.75) is 44.7 Å². The summed E-state index contributed by atoms with van der Waals surface area (Å²) in [6, 6.07) is 4.37. The number of rotatable bonds is 4. The predicted molar refractivity (Wildman–Crippen MR) is 87.7 cm³/mol. The number of pyridine rings is 1. The second kappa shape index (κ2) is 6.24. The molecule has 120 valence electrons. The van der Waals surface area contributed by atoms with E-state index in [0.29, 0.717) is 12.6 Å². The van der Waals surface area contributed by atoms with Gasteiger partial charge >= 0.3 is 0 Å². The standard InChI is InChI=1S/C17H26N4O/c1-21(2)14-6-9-18-13(11-14)12-20-16(22)17-7-4-3-5-15(17)19-10-8-17/h6,9,11,15,19H,3-5,7-8,10,12H2,1-2H3,(H,20,22)/t15-,17+/m0/s1. The Kier molecular flexibility index (Phi) is 4.34. The number of carbonyl (C=O) groups excluding carboxylic acids is 1. The summed E-state index contributed by atoms with van der Waals surface area (Å²) in [6.07, 6.45) is 7.31. The Hall–Kier alpha value is -1.62. The van der Waals surface area contributed by atoms with Crippen LogP contribution in [0.2, 0.25) is 0 Å². The summed E-state index contributed by atoms with van der Waals surface area (Å²) in [5.41, 5.74) is 1.84. The summed E-state index contributed by atoms with van der Waals surface area (Å²) in [6.45, 7) is 1.47. The molecule has 1 aromatic rings. The molecule has 0 radical (unpaired) electrons. The topological polar surface area (TPSA) is 57.3 Å². The molecule has 1 aliphatic carbocycles. The lowest BCUT2D eigenvalue weighted by molar-refractivity contribution is -0.133. The van der Waals surface area contributed by atoms with Crippen LogP contribution < -0.4 is 15.5 Å². The van der Waals surface area contributed by atoms with Gasteiger partial charge in [0.1, 0.15) is 0 Å². The molecule has 2 heterocycles. The zero-order chi connectivity index (χ0) is 15.6. The zero-order valence-corrected chi connectivity index (χ0v) is 13.6. The Labute approximate surface area is 132 Å². The van der Waals surface area contributed by atoms with Gasteiger partial charge in [0.2, 0.25) is 5.91 Å². The minimum absolute atomic E-state index is 0.183. The lowest BCUT2D eigenvalue weighted by Crippen LogP contribution is -2.50. The first kappa shape index (κ1) is 15.3. The normalized spacial score (nSPS) is 27.3. The highest BCUT2D eigenvalue weighted by molar-refractivity contribution is 5.84. The van der Waals surface area contributed by atoms with E-state index < -0.39 is 0 Å². The average molecular weight is 302 g/mol. The maximum Gasteiger partial charge on any atom is 0.228 e. The molecule has 5 nitrogen and oxygen atoms in total. The van der Waals surface area contributed by atoms with Gasteiger partial charge in [-0.05, 0) is 37.9 Å². The van der Waals surface area contributed by atoms with Gasteiger partial charge in [-0.2, -0.15) is 0 Å². The number of fused-ring (bicyclic) bond motifs is 1. The summed E-state index contributed by atoms with van der Waals surface area (Å²) < 4.78 is 0. The highest BCUT2D eigenvalue weighted by atomic mass is 16.2. The van der Waals surface area contributed by atoms with Crippen molar-refractivity contribution in [1.29, 1.82) is 0 Å². The third-order valence-corrected chi connectivity index (χ3v) is 5.19. The van der Waals surface area contributed by atoms with E-state index in [1.165, 1.54) is 12.8 Å². The fourth-order valence-corrected chi connectivity index (χ4v) is 3.88. The third kappa shape index (κ3) is 2.82. The molecule has 5 heteroatoms. The van der Waals surface area contributed by atoms with E-state index >= 15 is 0 Å². The average Bonchev–Trinajstić information content (AvgIpc) is 2.98. The monoisotopic (exact) mass is 302 g/mol.